The molecule has 2 aromatic carbocycles. The maximum absolute atomic E-state index is 14.8. The minimum atomic E-state index is -1.49. The molecule has 1 spiro atoms. The van der Waals surface area contributed by atoms with E-state index >= 15 is 0 Å². The minimum absolute atomic E-state index is 0.0668. The van der Waals surface area contributed by atoms with Gasteiger partial charge in [-0.25, -0.2) is 0 Å². The largest absolute Gasteiger partial charge is 0.455 e. The Labute approximate surface area is 262 Å². The summed E-state index contributed by atoms with van der Waals surface area (Å²) in [5.41, 5.74) is -0.129. The second-order valence-corrected chi connectivity index (χ2v) is 12.3. The average molecular weight is 614 g/mol. The topological polar surface area (TPSA) is 125 Å². The maximum atomic E-state index is 14.8. The lowest BCUT2D eigenvalue weighted by Crippen LogP contribution is -2.57. The molecule has 3 amide bonds. The van der Waals surface area contributed by atoms with Crippen molar-refractivity contribution in [3.05, 3.63) is 96.1 Å². The van der Waals surface area contributed by atoms with Crippen molar-refractivity contribution in [3.63, 3.8) is 0 Å². The van der Waals surface area contributed by atoms with Gasteiger partial charge in [-0.15, -0.1) is 0 Å². The van der Waals surface area contributed by atoms with Crippen molar-refractivity contribution in [3.8, 4) is 0 Å². The highest BCUT2D eigenvalue weighted by Crippen LogP contribution is 2.55. The first-order chi connectivity index (χ1) is 21.8. The van der Waals surface area contributed by atoms with Crippen LogP contribution < -0.4 is 5.32 Å². The van der Waals surface area contributed by atoms with Gasteiger partial charge in [0.25, 0.3) is 0 Å². The fourth-order valence-electron chi connectivity index (χ4n) is 7.19. The maximum Gasteiger partial charge on any atom is 0.313 e. The molecule has 6 rings (SSSR count). The SMILES string of the molecule is CC(C)N1CC=C[C@]23O[C@@H]4/C=C\CCC(=O)NC[C@@H](c5ccccc5)OC(=O)[C@@H]4[C@H]2C(=O)N([C@H](CO)c2ccccc2)[C@@H]3C1=O. The van der Waals surface area contributed by atoms with Crippen LogP contribution in [0.25, 0.3) is 0 Å². The van der Waals surface area contributed by atoms with E-state index < -0.39 is 60.2 Å². The van der Waals surface area contributed by atoms with E-state index in [0.717, 1.165) is 0 Å². The number of fused-ring (bicyclic) bond motifs is 2. The summed E-state index contributed by atoms with van der Waals surface area (Å²) in [6, 6.07) is 16.1. The summed E-state index contributed by atoms with van der Waals surface area (Å²) in [5.74, 6) is -3.78. The van der Waals surface area contributed by atoms with Crippen LogP contribution >= 0.6 is 0 Å². The van der Waals surface area contributed by atoms with Crippen molar-refractivity contribution in [2.45, 2.75) is 62.6 Å². The molecule has 2 fully saturated rings. The van der Waals surface area contributed by atoms with Gasteiger partial charge in [-0.2, -0.15) is 0 Å². The first-order valence-electron chi connectivity index (χ1n) is 15.6. The predicted molar refractivity (Wildman–Crippen MR) is 164 cm³/mol. The number of amides is 3. The molecule has 0 radical (unpaired) electrons. The third kappa shape index (κ3) is 5.46. The number of rotatable bonds is 5. The standard InChI is InChI=1S/C35H39N3O7/c1-22(2)37-19-11-18-35-30(32(41)38(31(35)33(37)42)25(21-39)23-12-5-3-6-13-23)29-26(45-35)16-9-10-17-28(40)36-20-27(44-34(29)43)24-14-7-4-8-15-24/h3-9,11-16,18,22,25-27,29-31,39H,10,17,19-21H2,1-2H3,(H,36,40)/b16-9-/t25-,26-,27+,29+,30+,31-,35+/m1/s1. The Balaban J connectivity index is 1.47. The molecule has 45 heavy (non-hydrogen) atoms. The molecule has 4 aliphatic rings. The molecule has 4 aliphatic heterocycles. The number of cyclic esters (lactones) is 1. The van der Waals surface area contributed by atoms with Crippen LogP contribution in [0.4, 0.5) is 0 Å². The number of carbonyl (C=O) groups excluding carboxylic acids is 4. The Kier molecular flexibility index (Phi) is 8.61. The third-order valence-corrected chi connectivity index (χ3v) is 9.33. The zero-order valence-electron chi connectivity index (χ0n) is 25.5. The van der Waals surface area contributed by atoms with Crippen LogP contribution in [0.1, 0.15) is 50.0 Å². The van der Waals surface area contributed by atoms with Crippen molar-refractivity contribution in [1.29, 1.82) is 0 Å². The Bertz CT molecular complexity index is 1490. The Morgan fingerprint density at radius 3 is 2.38 bits per heavy atom. The normalized spacial score (nSPS) is 31.6. The zero-order chi connectivity index (χ0) is 31.7. The quantitative estimate of drug-likeness (QED) is 0.393. The van der Waals surface area contributed by atoms with Crippen molar-refractivity contribution in [1.82, 2.24) is 15.1 Å². The molecule has 236 valence electrons. The van der Waals surface area contributed by atoms with E-state index in [4.69, 9.17) is 9.47 Å². The summed E-state index contributed by atoms with van der Waals surface area (Å²) in [4.78, 5) is 59.2. The molecule has 7 atom stereocenters. The summed E-state index contributed by atoms with van der Waals surface area (Å²) < 4.78 is 12.9. The summed E-state index contributed by atoms with van der Waals surface area (Å²) in [5, 5.41) is 13.6. The molecule has 0 unspecified atom stereocenters. The fraction of sp³-hybridized carbons (Fsp3) is 0.429. The number of hydrogen-bond donors (Lipinski definition) is 2. The van der Waals surface area contributed by atoms with Crippen LogP contribution in [0.5, 0.6) is 0 Å². The van der Waals surface area contributed by atoms with Crippen LogP contribution in [0.3, 0.4) is 0 Å². The van der Waals surface area contributed by atoms with Crippen molar-refractivity contribution < 1.29 is 33.8 Å². The van der Waals surface area contributed by atoms with Gasteiger partial charge < -0.3 is 29.7 Å². The van der Waals surface area contributed by atoms with Crippen molar-refractivity contribution >= 4 is 23.7 Å². The Hall–Kier alpha value is -4.28. The highest BCUT2D eigenvalue weighted by atomic mass is 16.6. The number of esters is 1. The number of nitrogens with zero attached hydrogens (tertiary/aromatic N) is 2. The molecule has 0 saturated carbocycles. The summed E-state index contributed by atoms with van der Waals surface area (Å²) >= 11 is 0. The van der Waals surface area contributed by atoms with Gasteiger partial charge in [0.1, 0.15) is 23.7 Å². The van der Waals surface area contributed by atoms with Gasteiger partial charge >= 0.3 is 5.97 Å². The molecule has 2 saturated heterocycles. The average Bonchev–Trinajstić information content (AvgIpc) is 3.42. The molecule has 10 nitrogen and oxygen atoms in total. The van der Waals surface area contributed by atoms with E-state index in [0.29, 0.717) is 24.1 Å². The lowest BCUT2D eigenvalue weighted by molar-refractivity contribution is -0.161. The molecule has 4 heterocycles. The van der Waals surface area contributed by atoms with Gasteiger partial charge in [-0.05, 0) is 31.4 Å². The lowest BCUT2D eigenvalue weighted by atomic mass is 9.77. The summed E-state index contributed by atoms with van der Waals surface area (Å²) in [6.45, 7) is 3.76. The van der Waals surface area contributed by atoms with E-state index in [-0.39, 0.29) is 30.8 Å². The van der Waals surface area contributed by atoms with Crippen LogP contribution in [-0.4, -0.2) is 82.1 Å². The highest BCUT2D eigenvalue weighted by molar-refractivity contribution is 5.99. The molecule has 10 heteroatoms. The van der Waals surface area contributed by atoms with E-state index in [1.54, 1.807) is 23.1 Å². The van der Waals surface area contributed by atoms with Crippen LogP contribution in [-0.2, 0) is 28.7 Å². The van der Waals surface area contributed by atoms with E-state index in [1.807, 2.05) is 80.6 Å². The monoisotopic (exact) mass is 613 g/mol. The first kappa shape index (κ1) is 30.7. The number of aliphatic hydroxyl groups excluding tert-OH is 1. The number of benzene rings is 2. The molecule has 0 aliphatic carbocycles. The number of allylic oxidation sites excluding steroid dienone is 1. The fourth-order valence-corrected chi connectivity index (χ4v) is 7.19. The lowest BCUT2D eigenvalue weighted by Gasteiger charge is -2.39. The highest BCUT2D eigenvalue weighted by Gasteiger charge is 2.72. The summed E-state index contributed by atoms with van der Waals surface area (Å²) in [6.07, 6.45) is 6.03. The molecular formula is C35H39N3O7. The molecule has 0 aromatic heterocycles. The number of carbonyl (C=O) groups is 4. The second-order valence-electron chi connectivity index (χ2n) is 12.3. The molecular weight excluding hydrogens is 574 g/mol. The zero-order valence-corrected chi connectivity index (χ0v) is 25.5. The number of nitrogens with one attached hydrogen (secondary N) is 1. The van der Waals surface area contributed by atoms with E-state index in [2.05, 4.69) is 5.32 Å². The van der Waals surface area contributed by atoms with Gasteiger partial charge in [-0.1, -0.05) is 85.0 Å². The van der Waals surface area contributed by atoms with Gasteiger partial charge in [0.2, 0.25) is 17.7 Å². The molecule has 0 bridgehead atoms. The predicted octanol–water partition coefficient (Wildman–Crippen LogP) is 2.86. The van der Waals surface area contributed by atoms with Gasteiger partial charge in [-0.3, -0.25) is 19.2 Å². The van der Waals surface area contributed by atoms with Crippen LogP contribution in [0.2, 0.25) is 0 Å². The van der Waals surface area contributed by atoms with E-state index in [9.17, 15) is 24.3 Å². The number of aliphatic hydroxyl groups is 1. The van der Waals surface area contributed by atoms with Crippen molar-refractivity contribution in [2.75, 3.05) is 19.7 Å². The summed E-state index contributed by atoms with van der Waals surface area (Å²) in [7, 11) is 0. The van der Waals surface area contributed by atoms with E-state index in [1.165, 1.54) is 4.90 Å². The van der Waals surface area contributed by atoms with Gasteiger partial charge in [0, 0.05) is 19.0 Å². The van der Waals surface area contributed by atoms with Crippen LogP contribution in [0, 0.1) is 11.8 Å². The van der Waals surface area contributed by atoms with Crippen molar-refractivity contribution in [2.24, 2.45) is 11.8 Å². The second kappa shape index (κ2) is 12.6. The smallest absolute Gasteiger partial charge is 0.313 e. The van der Waals surface area contributed by atoms with Gasteiger partial charge in [0.05, 0.1) is 31.2 Å². The number of likely N-dealkylation sites (tertiary alicyclic amines) is 1. The van der Waals surface area contributed by atoms with Crippen LogP contribution in [0.15, 0.2) is 85.0 Å². The minimum Gasteiger partial charge on any atom is -0.455 e. The van der Waals surface area contributed by atoms with Gasteiger partial charge in [0.15, 0.2) is 0 Å². The Morgan fingerprint density at radius 1 is 0.978 bits per heavy atom. The third-order valence-electron chi connectivity index (χ3n) is 9.33. The Morgan fingerprint density at radius 2 is 1.69 bits per heavy atom. The molecule has 2 N–H and O–H groups in total. The molecule has 2 aromatic rings. The number of hydrogen-bond acceptors (Lipinski definition) is 7. The first-order valence-corrected chi connectivity index (χ1v) is 15.6. The number of ether oxygens (including phenoxy) is 2.